The maximum absolute atomic E-state index is 13.2. The molecular formula is C23H28N2O3. The van der Waals surface area contributed by atoms with Crippen LogP contribution in [0.25, 0.3) is 0 Å². The van der Waals surface area contributed by atoms with Gasteiger partial charge in [-0.1, -0.05) is 60.7 Å². The Bertz CT molecular complexity index is 824. The van der Waals surface area contributed by atoms with Crippen LogP contribution < -0.4 is 5.32 Å². The molecule has 1 unspecified atom stereocenters. The van der Waals surface area contributed by atoms with Gasteiger partial charge in [-0.15, -0.1) is 0 Å². The second-order valence-electron chi connectivity index (χ2n) is 7.74. The van der Waals surface area contributed by atoms with Crippen molar-refractivity contribution in [2.24, 2.45) is 0 Å². The summed E-state index contributed by atoms with van der Waals surface area (Å²) < 4.78 is 0. The highest BCUT2D eigenvalue weighted by Crippen LogP contribution is 2.36. The summed E-state index contributed by atoms with van der Waals surface area (Å²) in [5.41, 5.74) is 0.748. The van der Waals surface area contributed by atoms with Gasteiger partial charge in [-0.25, -0.2) is 0 Å². The monoisotopic (exact) mass is 380 g/mol. The summed E-state index contributed by atoms with van der Waals surface area (Å²) in [6.07, 6.45) is -0.123. The molecule has 2 amide bonds. The lowest BCUT2D eigenvalue weighted by molar-refractivity contribution is -0.146. The molecule has 0 aliphatic carbocycles. The molecule has 0 aromatic heterocycles. The molecule has 0 bridgehead atoms. The van der Waals surface area contributed by atoms with Crippen LogP contribution in [0.5, 0.6) is 0 Å². The third-order valence-corrected chi connectivity index (χ3v) is 5.77. The molecule has 148 valence electrons. The number of rotatable bonds is 6. The number of carbonyl (C=O) groups is 2. The number of hydrogen-bond acceptors (Lipinski definition) is 3. The fraction of sp³-hybridized carbons (Fsp3) is 0.391. The standard InChI is InChI=1S/C23H28N2O3/c1-16(18-10-6-4-7-11-18)24-22(28)23(3)15-14-20(26)25(23)17(2)21(27)19-12-8-5-9-13-19/h4-13,16-17,21,27H,14-15H2,1-3H3,(H,24,28)/t16-,17-,21-,23?/m0/s1. The lowest BCUT2D eigenvalue weighted by Gasteiger charge is -2.40. The van der Waals surface area contributed by atoms with Crippen LogP contribution in [0.1, 0.15) is 56.9 Å². The van der Waals surface area contributed by atoms with E-state index in [2.05, 4.69) is 5.32 Å². The second kappa shape index (κ2) is 8.15. The maximum Gasteiger partial charge on any atom is 0.246 e. The maximum atomic E-state index is 13.2. The van der Waals surface area contributed by atoms with Crippen molar-refractivity contribution in [1.82, 2.24) is 10.2 Å². The Hall–Kier alpha value is -2.66. The van der Waals surface area contributed by atoms with Gasteiger partial charge in [0.25, 0.3) is 0 Å². The van der Waals surface area contributed by atoms with Gasteiger partial charge in [0.05, 0.1) is 18.2 Å². The second-order valence-corrected chi connectivity index (χ2v) is 7.74. The van der Waals surface area contributed by atoms with E-state index in [0.717, 1.165) is 11.1 Å². The molecule has 1 aliphatic rings. The molecule has 4 atom stereocenters. The van der Waals surface area contributed by atoms with Crippen LogP contribution in [-0.2, 0) is 9.59 Å². The summed E-state index contributed by atoms with van der Waals surface area (Å²) in [5.74, 6) is -0.297. The summed E-state index contributed by atoms with van der Waals surface area (Å²) >= 11 is 0. The number of benzene rings is 2. The largest absolute Gasteiger partial charge is 0.386 e. The van der Waals surface area contributed by atoms with Crippen molar-refractivity contribution >= 4 is 11.8 Å². The predicted octanol–water partition coefficient (Wildman–Crippen LogP) is 3.37. The van der Waals surface area contributed by atoms with E-state index in [0.29, 0.717) is 12.8 Å². The zero-order valence-electron chi connectivity index (χ0n) is 16.6. The molecule has 5 nitrogen and oxygen atoms in total. The van der Waals surface area contributed by atoms with Gasteiger partial charge in [0.15, 0.2) is 0 Å². The molecule has 28 heavy (non-hydrogen) atoms. The molecule has 1 fully saturated rings. The van der Waals surface area contributed by atoms with E-state index < -0.39 is 17.7 Å². The highest BCUT2D eigenvalue weighted by molar-refractivity contribution is 5.94. The summed E-state index contributed by atoms with van der Waals surface area (Å²) in [5, 5.41) is 13.9. The Morgan fingerprint density at radius 2 is 1.57 bits per heavy atom. The molecule has 0 spiro atoms. The summed E-state index contributed by atoms with van der Waals surface area (Å²) in [6, 6.07) is 18.3. The fourth-order valence-corrected chi connectivity index (χ4v) is 4.01. The van der Waals surface area contributed by atoms with Crippen LogP contribution in [0.2, 0.25) is 0 Å². The number of nitrogens with one attached hydrogen (secondary N) is 1. The number of nitrogens with zero attached hydrogens (tertiary/aromatic N) is 1. The van der Waals surface area contributed by atoms with Crippen LogP contribution in [-0.4, -0.2) is 33.4 Å². The number of carbonyl (C=O) groups excluding carboxylic acids is 2. The van der Waals surface area contributed by atoms with Crippen LogP contribution in [0.3, 0.4) is 0 Å². The predicted molar refractivity (Wildman–Crippen MR) is 108 cm³/mol. The van der Waals surface area contributed by atoms with Crippen molar-refractivity contribution < 1.29 is 14.7 Å². The van der Waals surface area contributed by atoms with E-state index in [9.17, 15) is 14.7 Å². The average molecular weight is 380 g/mol. The average Bonchev–Trinajstić information content (AvgIpc) is 3.03. The van der Waals surface area contributed by atoms with Crippen molar-refractivity contribution in [2.45, 2.75) is 57.3 Å². The summed E-state index contributed by atoms with van der Waals surface area (Å²) in [7, 11) is 0. The minimum absolute atomic E-state index is 0.104. The molecule has 0 radical (unpaired) electrons. The molecule has 3 rings (SSSR count). The molecule has 1 saturated heterocycles. The van der Waals surface area contributed by atoms with Crippen molar-refractivity contribution in [3.8, 4) is 0 Å². The highest BCUT2D eigenvalue weighted by Gasteiger charge is 2.50. The van der Waals surface area contributed by atoms with E-state index in [1.54, 1.807) is 18.7 Å². The Morgan fingerprint density at radius 1 is 1.04 bits per heavy atom. The van der Waals surface area contributed by atoms with Gasteiger partial charge in [-0.2, -0.15) is 0 Å². The van der Waals surface area contributed by atoms with Gasteiger partial charge in [-0.3, -0.25) is 9.59 Å². The van der Waals surface area contributed by atoms with Gasteiger partial charge < -0.3 is 15.3 Å². The number of aliphatic hydroxyl groups excluding tert-OH is 1. The quantitative estimate of drug-likeness (QED) is 0.807. The first-order chi connectivity index (χ1) is 13.3. The Labute approximate surface area is 166 Å². The number of hydrogen-bond donors (Lipinski definition) is 2. The summed E-state index contributed by atoms with van der Waals surface area (Å²) in [6.45, 7) is 5.52. The van der Waals surface area contributed by atoms with Crippen LogP contribution >= 0.6 is 0 Å². The number of likely N-dealkylation sites (tertiary alicyclic amines) is 1. The highest BCUT2D eigenvalue weighted by atomic mass is 16.3. The molecule has 5 heteroatoms. The third-order valence-electron chi connectivity index (χ3n) is 5.77. The van der Waals surface area contributed by atoms with E-state index >= 15 is 0 Å². The zero-order chi connectivity index (χ0) is 20.3. The lowest BCUT2D eigenvalue weighted by atomic mass is 9.93. The van der Waals surface area contributed by atoms with E-state index in [1.165, 1.54) is 0 Å². The molecule has 1 aliphatic heterocycles. The van der Waals surface area contributed by atoms with E-state index in [-0.39, 0.29) is 17.9 Å². The first kappa shape index (κ1) is 20.1. The Kier molecular flexibility index (Phi) is 5.84. The minimum Gasteiger partial charge on any atom is -0.386 e. The Balaban J connectivity index is 1.80. The fourth-order valence-electron chi connectivity index (χ4n) is 4.01. The van der Waals surface area contributed by atoms with Crippen LogP contribution in [0.4, 0.5) is 0 Å². The van der Waals surface area contributed by atoms with Crippen molar-refractivity contribution in [2.75, 3.05) is 0 Å². The van der Waals surface area contributed by atoms with Gasteiger partial charge in [0.2, 0.25) is 11.8 Å². The molecule has 1 heterocycles. The molecule has 0 saturated carbocycles. The smallest absolute Gasteiger partial charge is 0.246 e. The van der Waals surface area contributed by atoms with E-state index in [1.807, 2.05) is 67.6 Å². The number of amides is 2. The first-order valence-corrected chi connectivity index (χ1v) is 9.75. The van der Waals surface area contributed by atoms with Crippen molar-refractivity contribution in [1.29, 1.82) is 0 Å². The molecule has 2 aromatic carbocycles. The lowest BCUT2D eigenvalue weighted by Crippen LogP contribution is -2.58. The molecule has 2 aromatic rings. The first-order valence-electron chi connectivity index (χ1n) is 9.75. The Morgan fingerprint density at radius 3 is 2.14 bits per heavy atom. The zero-order valence-corrected chi connectivity index (χ0v) is 16.6. The van der Waals surface area contributed by atoms with Crippen LogP contribution in [0.15, 0.2) is 60.7 Å². The SMILES string of the molecule is C[C@H](NC(=O)C1(C)CCC(=O)N1[C@@H](C)[C@H](O)c1ccccc1)c1ccccc1. The summed E-state index contributed by atoms with van der Waals surface area (Å²) in [4.78, 5) is 27.4. The van der Waals surface area contributed by atoms with Gasteiger partial charge in [0, 0.05) is 6.42 Å². The third kappa shape index (κ3) is 3.80. The van der Waals surface area contributed by atoms with Gasteiger partial charge >= 0.3 is 0 Å². The van der Waals surface area contributed by atoms with Gasteiger partial charge in [-0.05, 0) is 38.3 Å². The molecular weight excluding hydrogens is 352 g/mol. The normalized spacial score (nSPS) is 22.6. The topological polar surface area (TPSA) is 69.6 Å². The minimum atomic E-state index is -0.991. The van der Waals surface area contributed by atoms with Crippen molar-refractivity contribution in [3.05, 3.63) is 71.8 Å². The van der Waals surface area contributed by atoms with E-state index in [4.69, 9.17) is 0 Å². The van der Waals surface area contributed by atoms with Crippen molar-refractivity contribution in [3.63, 3.8) is 0 Å². The number of aliphatic hydroxyl groups is 1. The molecule has 2 N–H and O–H groups in total. The van der Waals surface area contributed by atoms with Crippen LogP contribution in [0, 0.1) is 0 Å². The van der Waals surface area contributed by atoms with Gasteiger partial charge in [0.1, 0.15) is 5.54 Å².